The summed E-state index contributed by atoms with van der Waals surface area (Å²) in [5, 5.41) is 10.8. The molecule has 0 saturated heterocycles. The second-order valence-electron chi connectivity index (χ2n) is 6.61. The van der Waals surface area contributed by atoms with E-state index in [1.54, 1.807) is 42.2 Å². The Morgan fingerprint density at radius 1 is 1.13 bits per heavy atom. The summed E-state index contributed by atoms with van der Waals surface area (Å²) in [5.41, 5.74) is 2.54. The van der Waals surface area contributed by atoms with Crippen molar-refractivity contribution in [3.8, 4) is 5.75 Å². The van der Waals surface area contributed by atoms with Gasteiger partial charge in [-0.15, -0.1) is 0 Å². The third-order valence-electron chi connectivity index (χ3n) is 4.35. The van der Waals surface area contributed by atoms with E-state index < -0.39 is 0 Å². The first-order chi connectivity index (χ1) is 14.7. The van der Waals surface area contributed by atoms with E-state index in [-0.39, 0.29) is 12.5 Å². The first-order valence-electron chi connectivity index (χ1n) is 9.37. The highest BCUT2D eigenvalue weighted by molar-refractivity contribution is 5.96. The lowest BCUT2D eigenvalue weighted by atomic mass is 10.1. The molecule has 1 amide bonds. The smallest absolute Gasteiger partial charge is 0.255 e. The highest BCUT2D eigenvalue weighted by Gasteiger charge is 2.13. The van der Waals surface area contributed by atoms with Crippen LogP contribution in [0.3, 0.4) is 0 Å². The molecule has 4 aromatic rings. The van der Waals surface area contributed by atoms with E-state index in [0.717, 1.165) is 11.1 Å². The van der Waals surface area contributed by atoms with Gasteiger partial charge >= 0.3 is 0 Å². The van der Waals surface area contributed by atoms with Crippen LogP contribution < -0.4 is 10.1 Å². The summed E-state index contributed by atoms with van der Waals surface area (Å²) < 4.78 is 12.4. The number of rotatable bonds is 8. The van der Waals surface area contributed by atoms with E-state index in [2.05, 4.69) is 25.5 Å². The highest BCUT2D eigenvalue weighted by Crippen LogP contribution is 2.19. The summed E-state index contributed by atoms with van der Waals surface area (Å²) in [6.07, 6.45) is 3.18. The van der Waals surface area contributed by atoms with Crippen molar-refractivity contribution in [3.63, 3.8) is 0 Å². The molecular formula is C21H20N6O3. The molecule has 2 aromatic carbocycles. The minimum atomic E-state index is -0.221. The molecule has 152 valence electrons. The van der Waals surface area contributed by atoms with Gasteiger partial charge < -0.3 is 14.6 Å². The van der Waals surface area contributed by atoms with Crippen LogP contribution in [0.1, 0.15) is 33.2 Å². The monoisotopic (exact) mass is 404 g/mol. The molecule has 0 aliphatic heterocycles. The highest BCUT2D eigenvalue weighted by atomic mass is 16.5. The Labute approximate surface area is 172 Å². The third-order valence-corrected chi connectivity index (χ3v) is 4.35. The van der Waals surface area contributed by atoms with Crippen molar-refractivity contribution in [3.05, 3.63) is 89.6 Å². The van der Waals surface area contributed by atoms with Crippen LogP contribution in [-0.4, -0.2) is 30.8 Å². The molecule has 0 spiro atoms. The zero-order valence-corrected chi connectivity index (χ0v) is 16.4. The second-order valence-corrected chi connectivity index (χ2v) is 6.61. The Morgan fingerprint density at radius 3 is 2.67 bits per heavy atom. The van der Waals surface area contributed by atoms with E-state index in [0.29, 0.717) is 36.1 Å². The van der Waals surface area contributed by atoms with Gasteiger partial charge in [-0.3, -0.25) is 4.79 Å². The molecular weight excluding hydrogens is 384 g/mol. The number of benzene rings is 2. The first kappa shape index (κ1) is 19.3. The van der Waals surface area contributed by atoms with Gasteiger partial charge in [0.25, 0.3) is 5.91 Å². The average Bonchev–Trinajstić information content (AvgIpc) is 3.43. The minimum absolute atomic E-state index is 0.120. The maximum atomic E-state index is 12.7. The number of para-hydroxylation sites is 1. The predicted molar refractivity (Wildman–Crippen MR) is 107 cm³/mol. The fourth-order valence-electron chi connectivity index (χ4n) is 2.86. The molecule has 0 bridgehead atoms. The van der Waals surface area contributed by atoms with E-state index >= 15 is 0 Å². The van der Waals surface area contributed by atoms with Crippen LogP contribution >= 0.6 is 0 Å². The summed E-state index contributed by atoms with van der Waals surface area (Å²) in [7, 11) is 0. The number of amides is 1. The SMILES string of the molecule is Cc1nc(COc2ccccc2C(=O)NCc2ccc(Cn3cncn3)cc2)no1. The number of nitrogens with zero attached hydrogens (tertiary/aromatic N) is 5. The van der Waals surface area contributed by atoms with Gasteiger partial charge in [0.2, 0.25) is 11.7 Å². The number of nitrogens with one attached hydrogen (secondary N) is 1. The van der Waals surface area contributed by atoms with Gasteiger partial charge in [-0.2, -0.15) is 10.1 Å². The molecule has 9 nitrogen and oxygen atoms in total. The van der Waals surface area contributed by atoms with Crippen LogP contribution in [0.2, 0.25) is 0 Å². The predicted octanol–water partition coefficient (Wildman–Crippen LogP) is 2.53. The van der Waals surface area contributed by atoms with Gasteiger partial charge in [0, 0.05) is 13.5 Å². The zero-order valence-electron chi connectivity index (χ0n) is 16.4. The summed E-state index contributed by atoms with van der Waals surface area (Å²) in [4.78, 5) is 20.7. The Morgan fingerprint density at radius 2 is 1.93 bits per heavy atom. The molecule has 30 heavy (non-hydrogen) atoms. The van der Waals surface area contributed by atoms with Crippen LogP contribution in [0.5, 0.6) is 5.75 Å². The quantitative estimate of drug-likeness (QED) is 0.481. The third kappa shape index (κ3) is 4.88. The van der Waals surface area contributed by atoms with E-state index in [1.807, 2.05) is 24.3 Å². The van der Waals surface area contributed by atoms with E-state index in [1.165, 1.54) is 6.33 Å². The Kier molecular flexibility index (Phi) is 5.79. The van der Waals surface area contributed by atoms with Gasteiger partial charge in [-0.1, -0.05) is 41.6 Å². The van der Waals surface area contributed by atoms with Crippen molar-refractivity contribution in [2.45, 2.75) is 26.6 Å². The molecule has 0 saturated carbocycles. The summed E-state index contributed by atoms with van der Waals surface area (Å²) in [6, 6.07) is 15.0. The maximum Gasteiger partial charge on any atom is 0.255 e. The summed E-state index contributed by atoms with van der Waals surface area (Å²) in [6.45, 7) is 2.88. The van der Waals surface area contributed by atoms with Crippen molar-refractivity contribution in [2.75, 3.05) is 0 Å². The molecule has 0 radical (unpaired) electrons. The van der Waals surface area contributed by atoms with Crippen LogP contribution in [0.4, 0.5) is 0 Å². The molecule has 9 heteroatoms. The molecule has 0 atom stereocenters. The van der Waals surface area contributed by atoms with Crippen molar-refractivity contribution >= 4 is 5.91 Å². The molecule has 2 aromatic heterocycles. The van der Waals surface area contributed by atoms with Crippen molar-refractivity contribution < 1.29 is 14.1 Å². The van der Waals surface area contributed by atoms with Crippen molar-refractivity contribution in [1.29, 1.82) is 0 Å². The molecule has 4 rings (SSSR count). The lowest BCUT2D eigenvalue weighted by molar-refractivity contribution is 0.0946. The number of hydrogen-bond acceptors (Lipinski definition) is 7. The van der Waals surface area contributed by atoms with E-state index in [4.69, 9.17) is 9.26 Å². The van der Waals surface area contributed by atoms with Crippen molar-refractivity contribution in [1.82, 2.24) is 30.2 Å². The van der Waals surface area contributed by atoms with Crippen LogP contribution in [0, 0.1) is 6.92 Å². The average molecular weight is 404 g/mol. The number of aromatic nitrogens is 5. The van der Waals surface area contributed by atoms with Gasteiger partial charge in [0.05, 0.1) is 12.1 Å². The van der Waals surface area contributed by atoms with Gasteiger partial charge in [0.1, 0.15) is 18.4 Å². The van der Waals surface area contributed by atoms with Gasteiger partial charge in [0.15, 0.2) is 6.61 Å². The van der Waals surface area contributed by atoms with Crippen LogP contribution in [0.15, 0.2) is 65.7 Å². The van der Waals surface area contributed by atoms with E-state index in [9.17, 15) is 4.79 Å². The molecule has 0 fully saturated rings. The van der Waals surface area contributed by atoms with Crippen LogP contribution in [-0.2, 0) is 19.7 Å². The first-order valence-corrected chi connectivity index (χ1v) is 9.37. The molecule has 0 aliphatic rings. The van der Waals surface area contributed by atoms with Crippen molar-refractivity contribution in [2.24, 2.45) is 0 Å². The number of ether oxygens (including phenoxy) is 1. The largest absolute Gasteiger partial charge is 0.485 e. The Bertz CT molecular complexity index is 1110. The molecule has 0 unspecified atom stereocenters. The molecule has 2 heterocycles. The zero-order chi connectivity index (χ0) is 20.8. The van der Waals surface area contributed by atoms with Crippen LogP contribution in [0.25, 0.3) is 0 Å². The lowest BCUT2D eigenvalue weighted by Gasteiger charge is -2.11. The Hall–Kier alpha value is -4.01. The number of carbonyl (C=O) groups is 1. The van der Waals surface area contributed by atoms with Gasteiger partial charge in [-0.05, 0) is 23.3 Å². The fourth-order valence-corrected chi connectivity index (χ4v) is 2.86. The lowest BCUT2D eigenvalue weighted by Crippen LogP contribution is -2.23. The standard InChI is InChI=1S/C21H20N6O3/c1-15-25-20(26-30-15)12-29-19-5-3-2-4-18(19)21(28)23-10-16-6-8-17(9-7-16)11-27-14-22-13-24-27/h2-9,13-14H,10-12H2,1H3,(H,23,28). The molecule has 0 aliphatic carbocycles. The van der Waals surface area contributed by atoms with Gasteiger partial charge in [-0.25, -0.2) is 9.67 Å². The molecule has 1 N–H and O–H groups in total. The topological polar surface area (TPSA) is 108 Å². The Balaban J connectivity index is 1.34. The number of carbonyl (C=O) groups excluding carboxylic acids is 1. The fraction of sp³-hybridized carbons (Fsp3) is 0.190. The minimum Gasteiger partial charge on any atom is -0.485 e. The second kappa shape index (κ2) is 8.99. The summed E-state index contributed by atoms with van der Waals surface area (Å²) >= 11 is 0. The number of aryl methyl sites for hydroxylation is 1. The summed E-state index contributed by atoms with van der Waals surface area (Å²) in [5.74, 6) is 1.13. The maximum absolute atomic E-state index is 12.7. The normalized spacial score (nSPS) is 10.7. The number of hydrogen-bond donors (Lipinski definition) is 1.